The van der Waals surface area contributed by atoms with E-state index < -0.39 is 0 Å². The number of hydrogen-bond acceptors (Lipinski definition) is 5. The van der Waals surface area contributed by atoms with Crippen LogP contribution < -0.4 is 5.73 Å². The van der Waals surface area contributed by atoms with E-state index in [1.807, 2.05) is 0 Å². The first-order valence-electron chi connectivity index (χ1n) is 4.02. The van der Waals surface area contributed by atoms with E-state index in [9.17, 15) is 0 Å². The molecular formula is C7H13N3S2. The molecule has 1 aromatic rings. The average Bonchev–Trinajstić information content (AvgIpc) is 2.57. The van der Waals surface area contributed by atoms with Crippen molar-refractivity contribution in [3.8, 4) is 0 Å². The first-order chi connectivity index (χ1) is 5.93. The predicted molar refractivity (Wildman–Crippen MR) is 53.5 cm³/mol. The third kappa shape index (κ3) is 4.04. The van der Waals surface area contributed by atoms with Crippen molar-refractivity contribution in [2.75, 3.05) is 12.3 Å². The van der Waals surface area contributed by atoms with Gasteiger partial charge in [0.15, 0.2) is 4.34 Å². The van der Waals surface area contributed by atoms with Crippen molar-refractivity contribution < 1.29 is 0 Å². The van der Waals surface area contributed by atoms with E-state index >= 15 is 0 Å². The minimum absolute atomic E-state index is 0.809. The first kappa shape index (κ1) is 9.95. The minimum atomic E-state index is 0.809. The van der Waals surface area contributed by atoms with E-state index in [4.69, 9.17) is 5.73 Å². The summed E-state index contributed by atoms with van der Waals surface area (Å²) < 4.78 is 1.07. The molecule has 1 heterocycles. The van der Waals surface area contributed by atoms with Gasteiger partial charge in [0.25, 0.3) is 0 Å². The van der Waals surface area contributed by atoms with Gasteiger partial charge >= 0.3 is 0 Å². The zero-order valence-corrected chi connectivity index (χ0v) is 8.53. The highest BCUT2D eigenvalue weighted by atomic mass is 32.2. The molecule has 12 heavy (non-hydrogen) atoms. The highest BCUT2D eigenvalue weighted by molar-refractivity contribution is 8.00. The molecule has 5 heteroatoms. The van der Waals surface area contributed by atoms with Gasteiger partial charge in [0.2, 0.25) is 0 Å². The van der Waals surface area contributed by atoms with Crippen molar-refractivity contribution in [2.24, 2.45) is 5.73 Å². The molecule has 0 aliphatic rings. The SMILES string of the molecule is NCCCCCSc1nncs1. The van der Waals surface area contributed by atoms with E-state index in [-0.39, 0.29) is 0 Å². The second kappa shape index (κ2) is 6.39. The third-order valence-electron chi connectivity index (χ3n) is 1.41. The van der Waals surface area contributed by atoms with Crippen LogP contribution in [0.3, 0.4) is 0 Å². The Morgan fingerprint density at radius 3 is 3.00 bits per heavy atom. The van der Waals surface area contributed by atoms with Crippen LogP contribution >= 0.6 is 23.1 Å². The molecule has 0 saturated carbocycles. The van der Waals surface area contributed by atoms with Crippen molar-refractivity contribution in [3.05, 3.63) is 5.51 Å². The Morgan fingerprint density at radius 1 is 1.42 bits per heavy atom. The molecule has 0 radical (unpaired) electrons. The summed E-state index contributed by atoms with van der Waals surface area (Å²) in [6.45, 7) is 0.809. The van der Waals surface area contributed by atoms with Crippen molar-refractivity contribution >= 4 is 23.1 Å². The lowest BCUT2D eigenvalue weighted by Gasteiger charge is -1.96. The summed E-state index contributed by atoms with van der Waals surface area (Å²) in [7, 11) is 0. The van der Waals surface area contributed by atoms with Crippen molar-refractivity contribution in [1.29, 1.82) is 0 Å². The van der Waals surface area contributed by atoms with Gasteiger partial charge in [0.05, 0.1) is 0 Å². The van der Waals surface area contributed by atoms with Crippen LogP contribution in [0.2, 0.25) is 0 Å². The summed E-state index contributed by atoms with van der Waals surface area (Å²) in [5.41, 5.74) is 7.14. The van der Waals surface area contributed by atoms with E-state index in [1.54, 1.807) is 28.6 Å². The van der Waals surface area contributed by atoms with Crippen LogP contribution in [-0.4, -0.2) is 22.5 Å². The van der Waals surface area contributed by atoms with Crippen molar-refractivity contribution in [3.63, 3.8) is 0 Å². The number of nitrogens with zero attached hydrogens (tertiary/aromatic N) is 2. The molecular weight excluding hydrogens is 190 g/mol. The number of aromatic nitrogens is 2. The fraction of sp³-hybridized carbons (Fsp3) is 0.714. The van der Waals surface area contributed by atoms with Gasteiger partial charge in [-0.05, 0) is 19.4 Å². The topological polar surface area (TPSA) is 51.8 Å². The molecule has 3 nitrogen and oxygen atoms in total. The second-order valence-electron chi connectivity index (χ2n) is 2.40. The van der Waals surface area contributed by atoms with Gasteiger partial charge in [-0.2, -0.15) is 0 Å². The molecule has 0 amide bonds. The maximum Gasteiger partial charge on any atom is 0.174 e. The van der Waals surface area contributed by atoms with E-state index in [2.05, 4.69) is 10.2 Å². The summed E-state index contributed by atoms with van der Waals surface area (Å²) in [4.78, 5) is 0. The molecule has 1 rings (SSSR count). The van der Waals surface area contributed by atoms with Crippen LogP contribution in [0.5, 0.6) is 0 Å². The number of rotatable bonds is 6. The fourth-order valence-electron chi connectivity index (χ4n) is 0.808. The van der Waals surface area contributed by atoms with Crippen LogP contribution in [-0.2, 0) is 0 Å². The van der Waals surface area contributed by atoms with Crippen LogP contribution in [0.1, 0.15) is 19.3 Å². The molecule has 0 spiro atoms. The number of thioether (sulfide) groups is 1. The van der Waals surface area contributed by atoms with Crippen LogP contribution in [0, 0.1) is 0 Å². The van der Waals surface area contributed by atoms with E-state index in [0.29, 0.717) is 0 Å². The standard InChI is InChI=1S/C7H13N3S2/c8-4-2-1-3-5-11-7-10-9-6-12-7/h6H,1-5,8H2. The van der Waals surface area contributed by atoms with Crippen molar-refractivity contribution in [1.82, 2.24) is 10.2 Å². The normalized spacial score (nSPS) is 10.4. The molecule has 0 atom stereocenters. The maximum atomic E-state index is 5.38. The second-order valence-corrected chi connectivity index (χ2v) is 4.58. The van der Waals surface area contributed by atoms with Gasteiger partial charge in [-0.1, -0.05) is 29.5 Å². The lowest BCUT2D eigenvalue weighted by atomic mass is 10.2. The van der Waals surface area contributed by atoms with Gasteiger partial charge in [-0.15, -0.1) is 10.2 Å². The third-order valence-corrected chi connectivity index (χ3v) is 3.36. The molecule has 0 aromatic carbocycles. The lowest BCUT2D eigenvalue weighted by molar-refractivity contribution is 0.732. The molecule has 0 unspecified atom stereocenters. The van der Waals surface area contributed by atoms with Gasteiger partial charge in [0, 0.05) is 5.75 Å². The quantitative estimate of drug-likeness (QED) is 0.565. The zero-order valence-electron chi connectivity index (χ0n) is 6.90. The lowest BCUT2D eigenvalue weighted by Crippen LogP contribution is -1.97. The monoisotopic (exact) mass is 203 g/mol. The van der Waals surface area contributed by atoms with E-state index in [0.717, 1.165) is 23.1 Å². The molecule has 0 saturated heterocycles. The molecule has 0 bridgehead atoms. The number of hydrogen-bond donors (Lipinski definition) is 1. The average molecular weight is 203 g/mol. The van der Waals surface area contributed by atoms with E-state index in [1.165, 1.54) is 12.8 Å². The summed E-state index contributed by atoms with van der Waals surface area (Å²) in [6, 6.07) is 0. The summed E-state index contributed by atoms with van der Waals surface area (Å²) >= 11 is 3.38. The number of unbranched alkanes of at least 4 members (excludes halogenated alkanes) is 2. The first-order valence-corrected chi connectivity index (χ1v) is 5.89. The largest absolute Gasteiger partial charge is 0.330 e. The molecule has 0 aliphatic carbocycles. The summed E-state index contributed by atoms with van der Waals surface area (Å²) in [6.07, 6.45) is 3.58. The summed E-state index contributed by atoms with van der Waals surface area (Å²) in [5, 5.41) is 7.71. The number of nitrogens with two attached hydrogens (primary N) is 1. The maximum absolute atomic E-state index is 5.38. The fourth-order valence-corrected chi connectivity index (χ4v) is 2.37. The highest BCUT2D eigenvalue weighted by Crippen LogP contribution is 2.20. The Bertz CT molecular complexity index is 189. The van der Waals surface area contributed by atoms with Gasteiger partial charge in [0.1, 0.15) is 5.51 Å². The van der Waals surface area contributed by atoms with Crippen LogP contribution in [0.15, 0.2) is 9.85 Å². The molecule has 2 N–H and O–H groups in total. The molecule has 0 fully saturated rings. The Hall–Kier alpha value is -0.130. The predicted octanol–water partition coefficient (Wildman–Crippen LogP) is 1.76. The Labute approximate surface area is 80.8 Å². The van der Waals surface area contributed by atoms with Crippen LogP contribution in [0.25, 0.3) is 0 Å². The zero-order chi connectivity index (χ0) is 8.65. The molecule has 68 valence electrons. The smallest absolute Gasteiger partial charge is 0.174 e. The van der Waals surface area contributed by atoms with Gasteiger partial charge < -0.3 is 5.73 Å². The highest BCUT2D eigenvalue weighted by Gasteiger charge is 1.96. The van der Waals surface area contributed by atoms with Crippen molar-refractivity contribution in [2.45, 2.75) is 23.6 Å². The molecule has 0 aliphatic heterocycles. The van der Waals surface area contributed by atoms with Crippen LogP contribution in [0.4, 0.5) is 0 Å². The van der Waals surface area contributed by atoms with Gasteiger partial charge in [-0.3, -0.25) is 0 Å². The molecule has 1 aromatic heterocycles. The Kier molecular flexibility index (Phi) is 5.30. The van der Waals surface area contributed by atoms with Gasteiger partial charge in [-0.25, -0.2) is 0 Å². The Morgan fingerprint density at radius 2 is 2.33 bits per heavy atom. The Balaban J connectivity index is 1.96. The minimum Gasteiger partial charge on any atom is -0.330 e. The summed E-state index contributed by atoms with van der Waals surface area (Å²) in [5.74, 6) is 1.13.